The van der Waals surface area contributed by atoms with E-state index in [0.29, 0.717) is 0 Å². The third kappa shape index (κ3) is 3.55. The summed E-state index contributed by atoms with van der Waals surface area (Å²) in [6.45, 7) is 3.06. The van der Waals surface area contributed by atoms with Gasteiger partial charge in [-0.25, -0.2) is 4.98 Å². The van der Waals surface area contributed by atoms with E-state index in [0.717, 1.165) is 23.3 Å². The molecule has 1 unspecified atom stereocenters. The Morgan fingerprint density at radius 2 is 2.33 bits per heavy atom. The van der Waals surface area contributed by atoms with Crippen molar-refractivity contribution in [3.05, 3.63) is 50.0 Å². The molecule has 0 fully saturated rings. The highest BCUT2D eigenvalue weighted by Crippen LogP contribution is 2.26. The first-order valence-electron chi connectivity index (χ1n) is 5.87. The van der Waals surface area contributed by atoms with Gasteiger partial charge in [0, 0.05) is 32.9 Å². The summed E-state index contributed by atoms with van der Waals surface area (Å²) >= 11 is 5.92. The Labute approximate surface area is 129 Å². The van der Waals surface area contributed by atoms with Crippen molar-refractivity contribution in [2.45, 2.75) is 19.4 Å². The molecule has 0 amide bonds. The average Bonchev–Trinajstić information content (AvgIpc) is 2.85. The van der Waals surface area contributed by atoms with Gasteiger partial charge in [0.15, 0.2) is 0 Å². The SMILES string of the molecule is CCNC(Cc1ncc[nH]1)c1cc(Br)ccc1I. The maximum atomic E-state index is 4.31. The first-order valence-corrected chi connectivity index (χ1v) is 7.74. The lowest BCUT2D eigenvalue weighted by atomic mass is 10.0. The van der Waals surface area contributed by atoms with Gasteiger partial charge < -0.3 is 10.3 Å². The number of aromatic nitrogens is 2. The molecule has 2 aromatic rings. The first-order chi connectivity index (χ1) is 8.70. The molecule has 1 atom stereocenters. The maximum absolute atomic E-state index is 4.31. The molecule has 2 N–H and O–H groups in total. The Kier molecular flexibility index (Phi) is 5.20. The molecular weight excluding hydrogens is 405 g/mol. The Morgan fingerprint density at radius 1 is 1.50 bits per heavy atom. The number of imidazole rings is 1. The van der Waals surface area contributed by atoms with Crippen LogP contribution in [0.2, 0.25) is 0 Å². The Bertz CT molecular complexity index is 499. The van der Waals surface area contributed by atoms with E-state index < -0.39 is 0 Å². The third-order valence-corrected chi connectivity index (χ3v) is 4.21. The summed E-state index contributed by atoms with van der Waals surface area (Å²) in [6.07, 6.45) is 4.53. The molecule has 1 aromatic heterocycles. The van der Waals surface area contributed by atoms with Crippen molar-refractivity contribution in [3.63, 3.8) is 0 Å². The molecule has 0 saturated carbocycles. The van der Waals surface area contributed by atoms with Gasteiger partial charge in [-0.2, -0.15) is 0 Å². The van der Waals surface area contributed by atoms with E-state index in [-0.39, 0.29) is 6.04 Å². The van der Waals surface area contributed by atoms with Crippen LogP contribution < -0.4 is 5.32 Å². The molecule has 1 aromatic carbocycles. The third-order valence-electron chi connectivity index (χ3n) is 2.74. The molecule has 96 valence electrons. The van der Waals surface area contributed by atoms with Gasteiger partial charge in [-0.15, -0.1) is 0 Å². The van der Waals surface area contributed by atoms with Crippen molar-refractivity contribution in [3.8, 4) is 0 Å². The molecule has 0 saturated heterocycles. The second-order valence-electron chi connectivity index (χ2n) is 4.02. The normalized spacial score (nSPS) is 12.6. The van der Waals surface area contributed by atoms with E-state index in [1.165, 1.54) is 9.13 Å². The molecular formula is C13H15BrIN3. The topological polar surface area (TPSA) is 40.7 Å². The largest absolute Gasteiger partial charge is 0.349 e. The van der Waals surface area contributed by atoms with Crippen molar-refractivity contribution >= 4 is 38.5 Å². The molecule has 0 aliphatic rings. The monoisotopic (exact) mass is 419 g/mol. The molecule has 0 aliphatic carbocycles. The molecule has 2 rings (SSSR count). The summed E-state index contributed by atoms with van der Waals surface area (Å²) < 4.78 is 2.38. The lowest BCUT2D eigenvalue weighted by molar-refractivity contribution is 0.537. The van der Waals surface area contributed by atoms with Gasteiger partial charge in [0.1, 0.15) is 5.82 Å². The van der Waals surface area contributed by atoms with Crippen LogP contribution in [0, 0.1) is 3.57 Å². The average molecular weight is 420 g/mol. The van der Waals surface area contributed by atoms with E-state index in [9.17, 15) is 0 Å². The van der Waals surface area contributed by atoms with E-state index in [4.69, 9.17) is 0 Å². The number of halogens is 2. The minimum Gasteiger partial charge on any atom is -0.349 e. The second-order valence-corrected chi connectivity index (χ2v) is 6.09. The maximum Gasteiger partial charge on any atom is 0.107 e. The summed E-state index contributed by atoms with van der Waals surface area (Å²) in [4.78, 5) is 7.47. The van der Waals surface area contributed by atoms with Crippen LogP contribution in [0.15, 0.2) is 35.1 Å². The Balaban J connectivity index is 2.26. The number of rotatable bonds is 5. The molecule has 5 heteroatoms. The summed E-state index contributed by atoms with van der Waals surface area (Å²) in [5, 5.41) is 3.52. The Morgan fingerprint density at radius 3 is 3.00 bits per heavy atom. The zero-order chi connectivity index (χ0) is 13.0. The number of nitrogens with one attached hydrogen (secondary N) is 2. The fraction of sp³-hybridized carbons (Fsp3) is 0.308. The van der Waals surface area contributed by atoms with Gasteiger partial charge in [-0.05, 0) is 52.9 Å². The molecule has 0 bridgehead atoms. The van der Waals surface area contributed by atoms with E-state index >= 15 is 0 Å². The van der Waals surface area contributed by atoms with Crippen LogP contribution in [0.4, 0.5) is 0 Å². The highest BCUT2D eigenvalue weighted by Gasteiger charge is 2.15. The standard InChI is InChI=1S/C13H15BrIN3/c1-2-16-12(8-13-17-5-6-18-13)10-7-9(14)3-4-11(10)15/h3-7,12,16H,2,8H2,1H3,(H,17,18). The fourth-order valence-electron chi connectivity index (χ4n) is 1.92. The van der Waals surface area contributed by atoms with E-state index in [2.05, 4.69) is 78.9 Å². The molecule has 18 heavy (non-hydrogen) atoms. The zero-order valence-electron chi connectivity index (χ0n) is 10.1. The van der Waals surface area contributed by atoms with Crippen molar-refractivity contribution in [2.24, 2.45) is 0 Å². The molecule has 1 heterocycles. The lowest BCUT2D eigenvalue weighted by Gasteiger charge is -2.19. The van der Waals surface area contributed by atoms with Gasteiger partial charge in [0.05, 0.1) is 0 Å². The number of aromatic amines is 1. The smallest absolute Gasteiger partial charge is 0.107 e. The number of H-pyrrole nitrogens is 1. The van der Waals surface area contributed by atoms with Crippen LogP contribution >= 0.6 is 38.5 Å². The van der Waals surface area contributed by atoms with Crippen molar-refractivity contribution < 1.29 is 0 Å². The molecule has 0 spiro atoms. The summed E-state index contributed by atoms with van der Waals surface area (Å²) in [5.74, 6) is 1.01. The minimum atomic E-state index is 0.283. The highest BCUT2D eigenvalue weighted by molar-refractivity contribution is 14.1. The summed E-state index contributed by atoms with van der Waals surface area (Å²) in [7, 11) is 0. The number of hydrogen-bond donors (Lipinski definition) is 2. The van der Waals surface area contributed by atoms with Gasteiger partial charge in [0.25, 0.3) is 0 Å². The van der Waals surface area contributed by atoms with Crippen LogP contribution in [0.3, 0.4) is 0 Å². The van der Waals surface area contributed by atoms with E-state index in [1.807, 2.05) is 6.20 Å². The fourth-order valence-corrected chi connectivity index (χ4v) is 3.01. The van der Waals surface area contributed by atoms with Crippen LogP contribution in [-0.2, 0) is 6.42 Å². The van der Waals surface area contributed by atoms with Gasteiger partial charge in [0.2, 0.25) is 0 Å². The second kappa shape index (κ2) is 6.68. The number of hydrogen-bond acceptors (Lipinski definition) is 2. The predicted molar refractivity (Wildman–Crippen MR) is 85.6 cm³/mol. The van der Waals surface area contributed by atoms with Crippen molar-refractivity contribution in [2.75, 3.05) is 6.54 Å². The first kappa shape index (κ1) is 14.0. The van der Waals surface area contributed by atoms with Crippen LogP contribution in [0.5, 0.6) is 0 Å². The highest BCUT2D eigenvalue weighted by atomic mass is 127. The van der Waals surface area contributed by atoms with Gasteiger partial charge >= 0.3 is 0 Å². The van der Waals surface area contributed by atoms with Gasteiger partial charge in [-0.1, -0.05) is 22.9 Å². The van der Waals surface area contributed by atoms with Crippen LogP contribution in [-0.4, -0.2) is 16.5 Å². The number of nitrogens with zero attached hydrogens (tertiary/aromatic N) is 1. The van der Waals surface area contributed by atoms with Crippen molar-refractivity contribution in [1.82, 2.24) is 15.3 Å². The zero-order valence-corrected chi connectivity index (χ0v) is 13.8. The summed E-state index contributed by atoms with van der Waals surface area (Å²) in [6, 6.07) is 6.66. The quantitative estimate of drug-likeness (QED) is 0.726. The van der Waals surface area contributed by atoms with E-state index in [1.54, 1.807) is 6.20 Å². The van der Waals surface area contributed by atoms with Crippen LogP contribution in [0.1, 0.15) is 24.4 Å². The number of likely N-dealkylation sites (N-methyl/N-ethyl adjacent to an activating group) is 1. The minimum absolute atomic E-state index is 0.283. The number of benzene rings is 1. The van der Waals surface area contributed by atoms with Gasteiger partial charge in [-0.3, -0.25) is 0 Å². The molecule has 0 aliphatic heterocycles. The molecule has 0 radical (unpaired) electrons. The Hall–Kier alpha value is -0.400. The van der Waals surface area contributed by atoms with Crippen molar-refractivity contribution in [1.29, 1.82) is 0 Å². The lowest BCUT2D eigenvalue weighted by Crippen LogP contribution is -2.24. The molecule has 3 nitrogen and oxygen atoms in total. The van der Waals surface area contributed by atoms with Crippen LogP contribution in [0.25, 0.3) is 0 Å². The summed E-state index contributed by atoms with van der Waals surface area (Å²) in [5.41, 5.74) is 1.31. The predicted octanol–water partition coefficient (Wildman–Crippen LogP) is 3.67.